The summed E-state index contributed by atoms with van der Waals surface area (Å²) in [5.41, 5.74) is 1.63. The molecule has 0 aliphatic carbocycles. The molecule has 35 heavy (non-hydrogen) atoms. The Morgan fingerprint density at radius 1 is 0.914 bits per heavy atom. The van der Waals surface area contributed by atoms with Crippen LogP contribution in [0.25, 0.3) is 5.69 Å². The summed E-state index contributed by atoms with van der Waals surface area (Å²) < 4.78 is 40.9. The number of nitrogens with one attached hydrogen (secondary N) is 1. The van der Waals surface area contributed by atoms with Gasteiger partial charge in [-0.1, -0.05) is 66.7 Å². The molecule has 0 unspecified atom stereocenters. The second kappa shape index (κ2) is 10.3. The molecule has 1 heterocycles. The van der Waals surface area contributed by atoms with Gasteiger partial charge < -0.3 is 9.88 Å². The van der Waals surface area contributed by atoms with E-state index in [0.717, 1.165) is 23.3 Å². The van der Waals surface area contributed by atoms with Crippen molar-refractivity contribution >= 4 is 5.91 Å². The van der Waals surface area contributed by atoms with Crippen molar-refractivity contribution in [3.05, 3.63) is 125 Å². The molecule has 4 aromatic rings. The van der Waals surface area contributed by atoms with Crippen molar-refractivity contribution in [3.63, 3.8) is 0 Å². The fourth-order valence-electron chi connectivity index (χ4n) is 4.11. The number of carbonyl (C=O) groups excluding carboxylic acids is 1. The number of hydrogen-bond donors (Lipinski definition) is 1. The van der Waals surface area contributed by atoms with Crippen LogP contribution in [0, 0.1) is 11.3 Å². The third-order valence-electron chi connectivity index (χ3n) is 5.80. The van der Waals surface area contributed by atoms with Crippen LogP contribution in [-0.2, 0) is 6.18 Å². The van der Waals surface area contributed by atoms with Gasteiger partial charge in [0.05, 0.1) is 11.1 Å². The third kappa shape index (κ3) is 5.44. The van der Waals surface area contributed by atoms with Gasteiger partial charge in [0, 0.05) is 24.3 Å². The lowest BCUT2D eigenvalue weighted by molar-refractivity contribution is -0.137. The van der Waals surface area contributed by atoms with E-state index in [-0.39, 0.29) is 22.9 Å². The van der Waals surface area contributed by atoms with Gasteiger partial charge in [0.1, 0.15) is 11.8 Å². The number of amides is 1. The van der Waals surface area contributed by atoms with Crippen molar-refractivity contribution in [1.29, 1.82) is 5.26 Å². The Morgan fingerprint density at radius 2 is 1.54 bits per heavy atom. The lowest BCUT2D eigenvalue weighted by atomic mass is 9.88. The minimum atomic E-state index is -4.52. The molecule has 4 nitrogen and oxygen atoms in total. The van der Waals surface area contributed by atoms with Crippen molar-refractivity contribution in [2.24, 2.45) is 0 Å². The van der Waals surface area contributed by atoms with Crippen LogP contribution < -0.4 is 5.32 Å². The van der Waals surface area contributed by atoms with Gasteiger partial charge in [-0.05, 0) is 41.8 Å². The van der Waals surface area contributed by atoms with E-state index in [9.17, 15) is 23.2 Å². The molecule has 0 aliphatic rings. The van der Waals surface area contributed by atoms with Crippen LogP contribution >= 0.6 is 0 Å². The first-order valence-corrected chi connectivity index (χ1v) is 11.1. The zero-order chi connectivity index (χ0) is 24.8. The molecule has 176 valence electrons. The number of halogens is 3. The SMILES string of the molecule is N#Cc1ccn(-c2cccc(C(F)(F)F)c2)c1C(=O)NCCC(c1ccccc1)c1ccccc1. The van der Waals surface area contributed by atoms with E-state index in [1.54, 1.807) is 0 Å². The van der Waals surface area contributed by atoms with E-state index in [2.05, 4.69) is 5.32 Å². The molecular formula is C28H22F3N3O. The van der Waals surface area contributed by atoms with E-state index in [1.807, 2.05) is 66.7 Å². The molecule has 4 rings (SSSR count). The number of hydrogen-bond acceptors (Lipinski definition) is 2. The summed E-state index contributed by atoms with van der Waals surface area (Å²) in [6.07, 6.45) is -2.49. The molecule has 1 amide bonds. The summed E-state index contributed by atoms with van der Waals surface area (Å²) in [6, 6.07) is 27.9. The summed E-state index contributed by atoms with van der Waals surface area (Å²) in [7, 11) is 0. The molecule has 1 aromatic heterocycles. The summed E-state index contributed by atoms with van der Waals surface area (Å²) in [5, 5.41) is 12.4. The maximum absolute atomic E-state index is 13.2. The Kier molecular flexibility index (Phi) is 7.02. The summed E-state index contributed by atoms with van der Waals surface area (Å²) in [5.74, 6) is -0.479. The Balaban J connectivity index is 1.56. The Morgan fingerprint density at radius 3 is 2.11 bits per heavy atom. The molecule has 0 aliphatic heterocycles. The maximum Gasteiger partial charge on any atom is 0.416 e. The first-order valence-electron chi connectivity index (χ1n) is 11.1. The number of alkyl halides is 3. The predicted octanol–water partition coefficient (Wildman–Crippen LogP) is 6.32. The Labute approximate surface area is 201 Å². The number of nitrogens with zero attached hydrogens (tertiary/aromatic N) is 2. The second-order valence-electron chi connectivity index (χ2n) is 8.03. The fourth-order valence-corrected chi connectivity index (χ4v) is 4.11. The summed E-state index contributed by atoms with van der Waals surface area (Å²) in [4.78, 5) is 13.1. The summed E-state index contributed by atoms with van der Waals surface area (Å²) >= 11 is 0. The highest BCUT2D eigenvalue weighted by molar-refractivity contribution is 5.95. The van der Waals surface area contributed by atoms with Crippen molar-refractivity contribution in [2.45, 2.75) is 18.5 Å². The van der Waals surface area contributed by atoms with Crippen LogP contribution in [0.4, 0.5) is 13.2 Å². The number of aromatic nitrogens is 1. The Bertz CT molecular complexity index is 1300. The van der Waals surface area contributed by atoms with Crippen molar-refractivity contribution < 1.29 is 18.0 Å². The van der Waals surface area contributed by atoms with Crippen molar-refractivity contribution in [3.8, 4) is 11.8 Å². The van der Waals surface area contributed by atoms with Gasteiger partial charge in [0.15, 0.2) is 0 Å². The minimum absolute atomic E-state index is 0.00259. The average Bonchev–Trinajstić information content (AvgIpc) is 3.32. The predicted molar refractivity (Wildman–Crippen MR) is 127 cm³/mol. The molecule has 7 heteroatoms. The first kappa shape index (κ1) is 23.8. The van der Waals surface area contributed by atoms with E-state index in [1.165, 1.54) is 29.0 Å². The second-order valence-corrected chi connectivity index (χ2v) is 8.03. The van der Waals surface area contributed by atoms with Crippen LogP contribution in [0.1, 0.15) is 45.1 Å². The molecule has 0 bridgehead atoms. The van der Waals surface area contributed by atoms with Crippen LogP contribution in [0.5, 0.6) is 0 Å². The van der Waals surface area contributed by atoms with Gasteiger partial charge in [0.2, 0.25) is 0 Å². The third-order valence-corrected chi connectivity index (χ3v) is 5.80. The van der Waals surface area contributed by atoms with E-state index in [0.29, 0.717) is 13.0 Å². The van der Waals surface area contributed by atoms with Gasteiger partial charge in [-0.2, -0.15) is 18.4 Å². The summed E-state index contributed by atoms with van der Waals surface area (Å²) in [6.45, 7) is 0.311. The maximum atomic E-state index is 13.2. The van der Waals surface area contributed by atoms with Gasteiger partial charge in [-0.25, -0.2) is 0 Å². The highest BCUT2D eigenvalue weighted by Gasteiger charge is 2.31. The molecular weight excluding hydrogens is 451 g/mol. The number of carbonyl (C=O) groups is 1. The van der Waals surface area contributed by atoms with Crippen molar-refractivity contribution in [2.75, 3.05) is 6.54 Å². The minimum Gasteiger partial charge on any atom is -0.351 e. The molecule has 0 radical (unpaired) electrons. The molecule has 1 N–H and O–H groups in total. The molecule has 0 atom stereocenters. The van der Waals surface area contributed by atoms with E-state index < -0.39 is 17.6 Å². The zero-order valence-electron chi connectivity index (χ0n) is 18.7. The lowest BCUT2D eigenvalue weighted by Gasteiger charge is -2.19. The zero-order valence-corrected chi connectivity index (χ0v) is 18.7. The van der Waals surface area contributed by atoms with Gasteiger partial charge in [-0.15, -0.1) is 0 Å². The highest BCUT2D eigenvalue weighted by atomic mass is 19.4. The van der Waals surface area contributed by atoms with Gasteiger partial charge in [0.25, 0.3) is 5.91 Å². The smallest absolute Gasteiger partial charge is 0.351 e. The van der Waals surface area contributed by atoms with Crippen LogP contribution in [0.3, 0.4) is 0 Å². The molecule has 0 saturated carbocycles. The van der Waals surface area contributed by atoms with Crippen LogP contribution in [0.2, 0.25) is 0 Å². The fraction of sp³-hybridized carbons (Fsp3) is 0.143. The number of nitriles is 1. The molecule has 0 saturated heterocycles. The molecule has 0 fully saturated rings. The van der Waals surface area contributed by atoms with E-state index in [4.69, 9.17) is 0 Å². The van der Waals surface area contributed by atoms with E-state index >= 15 is 0 Å². The molecule has 3 aromatic carbocycles. The molecule has 0 spiro atoms. The largest absolute Gasteiger partial charge is 0.416 e. The van der Waals surface area contributed by atoms with Crippen LogP contribution in [-0.4, -0.2) is 17.0 Å². The topological polar surface area (TPSA) is 57.8 Å². The lowest BCUT2D eigenvalue weighted by Crippen LogP contribution is -2.28. The van der Waals surface area contributed by atoms with Crippen molar-refractivity contribution in [1.82, 2.24) is 9.88 Å². The van der Waals surface area contributed by atoms with Gasteiger partial charge in [-0.3, -0.25) is 4.79 Å². The van der Waals surface area contributed by atoms with Gasteiger partial charge >= 0.3 is 6.18 Å². The monoisotopic (exact) mass is 473 g/mol. The average molecular weight is 473 g/mol. The highest BCUT2D eigenvalue weighted by Crippen LogP contribution is 2.31. The normalized spacial score (nSPS) is 11.3. The number of rotatable bonds is 7. The quantitative estimate of drug-likeness (QED) is 0.342. The Hall–Kier alpha value is -4.31. The first-order chi connectivity index (χ1) is 16.9. The number of benzene rings is 3. The standard InChI is InChI=1S/C28H22F3N3O/c29-28(30,31)23-12-7-13-24(18-23)34-17-15-22(19-32)26(34)27(35)33-16-14-25(20-8-3-1-4-9-20)21-10-5-2-6-11-21/h1-13,15,17-18,25H,14,16H2,(H,33,35). The van der Waals surface area contributed by atoms with Crippen LogP contribution in [0.15, 0.2) is 97.2 Å².